The van der Waals surface area contributed by atoms with E-state index in [9.17, 15) is 0 Å². The van der Waals surface area contributed by atoms with Gasteiger partial charge < -0.3 is 9.80 Å². The molecule has 0 aliphatic rings. The monoisotopic (exact) mass is 207 g/mol. The summed E-state index contributed by atoms with van der Waals surface area (Å²) in [6.07, 6.45) is 3.59. The second-order valence-corrected chi connectivity index (χ2v) is 4.89. The number of nitrogens with one attached hydrogen (secondary N) is 1. The van der Waals surface area contributed by atoms with E-state index >= 15 is 0 Å². The third-order valence-corrected chi connectivity index (χ3v) is 2.19. The number of hydrogen-bond donors (Lipinski definition) is 1. The van der Waals surface area contributed by atoms with Crippen molar-refractivity contribution in [3.05, 3.63) is 0 Å². The number of unbranched alkanes of at least 4 members (excludes halogenated alkanes) is 1. The second kappa shape index (κ2) is 7.60. The molecule has 0 rings (SSSR count). The molecule has 1 N–H and O–H groups in total. The van der Waals surface area contributed by atoms with Crippen LogP contribution in [0, 0.1) is 0 Å². The molecule has 0 aliphatic carbocycles. The van der Waals surface area contributed by atoms with Crippen LogP contribution in [0.4, 0.5) is 0 Å². The highest BCUT2D eigenvalue weighted by atomic mass is 35.5. The number of alkyl halides is 1. The predicted octanol–water partition coefficient (Wildman–Crippen LogP) is 1.69. The van der Waals surface area contributed by atoms with Gasteiger partial charge in [-0.15, -0.1) is 11.6 Å². The fraction of sp³-hybridized carbons (Fsp3) is 1.00. The molecule has 80 valence electrons. The van der Waals surface area contributed by atoms with E-state index < -0.39 is 0 Å². The van der Waals surface area contributed by atoms with E-state index in [4.69, 9.17) is 11.6 Å². The first-order chi connectivity index (χ1) is 6.06. The summed E-state index contributed by atoms with van der Waals surface area (Å²) in [5.41, 5.74) is 0. The number of rotatable bonds is 8. The normalized spacial score (nSPS) is 12.0. The largest absolute Gasteiger partial charge is 0.331 e. The van der Waals surface area contributed by atoms with Crippen LogP contribution in [0.1, 0.15) is 19.3 Å². The molecule has 0 bridgehead atoms. The van der Waals surface area contributed by atoms with Crippen LogP contribution < -0.4 is 5.32 Å². The first kappa shape index (κ1) is 13.2. The van der Waals surface area contributed by atoms with Crippen LogP contribution in [-0.2, 0) is 0 Å². The average Bonchev–Trinajstić information content (AvgIpc) is 2.01. The van der Waals surface area contributed by atoms with Crippen molar-refractivity contribution in [2.75, 3.05) is 46.7 Å². The summed E-state index contributed by atoms with van der Waals surface area (Å²) >= 11 is 5.57. The molecule has 0 fully saturated rings. The van der Waals surface area contributed by atoms with Crippen molar-refractivity contribution < 1.29 is 4.48 Å². The standard InChI is InChI=1S/C10H24ClN2/c1-13(2,3)10-6-9-12-8-5-4-7-11/h12H,4-10H2,1-3H3/q+1. The van der Waals surface area contributed by atoms with Crippen LogP contribution in [0.25, 0.3) is 0 Å². The molecular formula is C10H24ClN2+. The van der Waals surface area contributed by atoms with Crippen LogP contribution in [0.15, 0.2) is 0 Å². The minimum atomic E-state index is 0.792. The van der Waals surface area contributed by atoms with E-state index in [2.05, 4.69) is 26.5 Å². The Balaban J connectivity index is 3.00. The number of nitrogens with zero attached hydrogens (tertiary/aromatic N) is 1. The molecule has 0 spiro atoms. The van der Waals surface area contributed by atoms with Gasteiger partial charge in [-0.2, -0.15) is 0 Å². The summed E-state index contributed by atoms with van der Waals surface area (Å²) < 4.78 is 1.06. The van der Waals surface area contributed by atoms with Crippen molar-refractivity contribution in [3.63, 3.8) is 0 Å². The molecule has 0 saturated carbocycles. The van der Waals surface area contributed by atoms with Gasteiger partial charge in [-0.05, 0) is 19.4 Å². The Hall–Kier alpha value is 0.210. The number of quaternary nitrogens is 1. The topological polar surface area (TPSA) is 12.0 Å². The van der Waals surface area contributed by atoms with Crippen molar-refractivity contribution >= 4 is 11.6 Å². The number of halogens is 1. The van der Waals surface area contributed by atoms with E-state index in [1.54, 1.807) is 0 Å². The van der Waals surface area contributed by atoms with Crippen molar-refractivity contribution in [3.8, 4) is 0 Å². The van der Waals surface area contributed by atoms with E-state index in [1.807, 2.05) is 0 Å². The minimum absolute atomic E-state index is 0.792. The molecule has 0 saturated heterocycles. The van der Waals surface area contributed by atoms with Gasteiger partial charge >= 0.3 is 0 Å². The molecule has 0 aromatic carbocycles. The average molecular weight is 208 g/mol. The fourth-order valence-corrected chi connectivity index (χ4v) is 1.34. The third kappa shape index (κ3) is 12.2. The smallest absolute Gasteiger partial charge is 0.0792 e. The van der Waals surface area contributed by atoms with Crippen molar-refractivity contribution in [1.29, 1.82) is 0 Å². The van der Waals surface area contributed by atoms with Gasteiger partial charge in [0, 0.05) is 18.8 Å². The zero-order chi connectivity index (χ0) is 10.2. The van der Waals surface area contributed by atoms with E-state index in [0.29, 0.717) is 0 Å². The van der Waals surface area contributed by atoms with E-state index in [1.165, 1.54) is 19.4 Å². The molecule has 0 aliphatic heterocycles. The highest BCUT2D eigenvalue weighted by Gasteiger charge is 2.04. The molecule has 13 heavy (non-hydrogen) atoms. The Morgan fingerprint density at radius 2 is 1.62 bits per heavy atom. The highest BCUT2D eigenvalue weighted by molar-refractivity contribution is 6.17. The second-order valence-electron chi connectivity index (χ2n) is 4.51. The van der Waals surface area contributed by atoms with Gasteiger partial charge in [0.2, 0.25) is 0 Å². The fourth-order valence-electron chi connectivity index (χ4n) is 1.15. The van der Waals surface area contributed by atoms with Gasteiger partial charge in [0.1, 0.15) is 0 Å². The van der Waals surface area contributed by atoms with Gasteiger partial charge in [-0.1, -0.05) is 0 Å². The third-order valence-electron chi connectivity index (χ3n) is 1.92. The van der Waals surface area contributed by atoms with Gasteiger partial charge in [0.25, 0.3) is 0 Å². The summed E-state index contributed by atoms with van der Waals surface area (Å²) in [5.74, 6) is 0.792. The van der Waals surface area contributed by atoms with Crippen molar-refractivity contribution in [2.45, 2.75) is 19.3 Å². The van der Waals surface area contributed by atoms with Crippen LogP contribution in [0.3, 0.4) is 0 Å². The lowest BCUT2D eigenvalue weighted by molar-refractivity contribution is -0.870. The predicted molar refractivity (Wildman–Crippen MR) is 60.3 cm³/mol. The van der Waals surface area contributed by atoms with E-state index in [-0.39, 0.29) is 0 Å². The van der Waals surface area contributed by atoms with Crippen LogP contribution >= 0.6 is 11.6 Å². The van der Waals surface area contributed by atoms with Crippen molar-refractivity contribution in [2.24, 2.45) is 0 Å². The van der Waals surface area contributed by atoms with Crippen LogP contribution in [0.5, 0.6) is 0 Å². The van der Waals surface area contributed by atoms with Crippen LogP contribution in [-0.4, -0.2) is 51.1 Å². The van der Waals surface area contributed by atoms with Crippen molar-refractivity contribution in [1.82, 2.24) is 5.32 Å². The molecule has 0 radical (unpaired) electrons. The van der Waals surface area contributed by atoms with Gasteiger partial charge in [-0.25, -0.2) is 0 Å². The lowest BCUT2D eigenvalue weighted by Gasteiger charge is -2.23. The summed E-state index contributed by atoms with van der Waals surface area (Å²) in [4.78, 5) is 0. The maximum absolute atomic E-state index is 5.57. The highest BCUT2D eigenvalue weighted by Crippen LogP contribution is 1.93. The maximum Gasteiger partial charge on any atom is 0.0792 e. The molecule has 0 amide bonds. The lowest BCUT2D eigenvalue weighted by Crippen LogP contribution is -2.36. The minimum Gasteiger partial charge on any atom is -0.331 e. The molecular weight excluding hydrogens is 184 g/mol. The Bertz CT molecular complexity index is 110. The van der Waals surface area contributed by atoms with Crippen LogP contribution in [0.2, 0.25) is 0 Å². The molecule has 2 nitrogen and oxygen atoms in total. The molecule has 0 aromatic rings. The summed E-state index contributed by atoms with van der Waals surface area (Å²) in [6, 6.07) is 0. The Kier molecular flexibility index (Phi) is 7.72. The van der Waals surface area contributed by atoms with Gasteiger partial charge in [0.15, 0.2) is 0 Å². The number of hydrogen-bond acceptors (Lipinski definition) is 1. The molecule has 0 aromatic heterocycles. The maximum atomic E-state index is 5.57. The summed E-state index contributed by atoms with van der Waals surface area (Å²) in [7, 11) is 6.69. The SMILES string of the molecule is C[N+](C)(C)CCCNCCCCCl. The Morgan fingerprint density at radius 1 is 1.00 bits per heavy atom. The first-order valence-electron chi connectivity index (χ1n) is 5.13. The molecule has 0 atom stereocenters. The Labute approximate surface area is 87.8 Å². The summed E-state index contributed by atoms with van der Waals surface area (Å²) in [6.45, 7) is 3.49. The molecule has 0 unspecified atom stereocenters. The lowest BCUT2D eigenvalue weighted by atomic mass is 10.3. The molecule has 0 heterocycles. The quantitative estimate of drug-likeness (QED) is 0.363. The van der Waals surface area contributed by atoms with E-state index in [0.717, 1.165) is 29.9 Å². The van der Waals surface area contributed by atoms with Gasteiger partial charge in [0.05, 0.1) is 27.7 Å². The summed E-state index contributed by atoms with van der Waals surface area (Å²) in [5, 5.41) is 3.42. The zero-order valence-corrected chi connectivity index (χ0v) is 10.0. The molecule has 3 heteroatoms. The zero-order valence-electron chi connectivity index (χ0n) is 9.27. The van der Waals surface area contributed by atoms with Gasteiger partial charge in [-0.3, -0.25) is 0 Å². The Morgan fingerprint density at radius 3 is 2.15 bits per heavy atom. The first-order valence-corrected chi connectivity index (χ1v) is 5.67.